The maximum Gasteiger partial charge on any atom is 0.240 e. The van der Waals surface area contributed by atoms with Gasteiger partial charge in [-0.15, -0.1) is 24.2 Å². The van der Waals surface area contributed by atoms with E-state index in [1.807, 2.05) is 11.0 Å². The predicted molar refractivity (Wildman–Crippen MR) is 143 cm³/mol. The van der Waals surface area contributed by atoms with Gasteiger partial charge in [0, 0.05) is 49.9 Å². The Labute approximate surface area is 215 Å². The molecule has 1 amide bonds. The first kappa shape index (κ1) is 31.8. The Morgan fingerprint density at radius 2 is 1.61 bits per heavy atom. The molecule has 33 heavy (non-hydrogen) atoms. The fraction of sp³-hybridized carbons (Fsp3) is 0.409. The zero-order valence-electron chi connectivity index (χ0n) is 18.4. The van der Waals surface area contributed by atoms with Crippen molar-refractivity contribution in [2.45, 2.75) is 11.7 Å². The van der Waals surface area contributed by atoms with Crippen LogP contribution >= 0.6 is 47.4 Å². The number of hydrogen-bond donors (Lipinski definition) is 0. The van der Waals surface area contributed by atoms with E-state index in [0.717, 1.165) is 44.0 Å². The molecular formula is C22H32Cl3N3O4S. The molecular weight excluding hydrogens is 509 g/mol. The van der Waals surface area contributed by atoms with Crippen molar-refractivity contribution in [2.75, 3.05) is 55.3 Å². The van der Waals surface area contributed by atoms with E-state index >= 15 is 0 Å². The van der Waals surface area contributed by atoms with Gasteiger partial charge < -0.3 is 31.1 Å². The summed E-state index contributed by atoms with van der Waals surface area (Å²) in [6.45, 7) is 4.87. The highest BCUT2D eigenvalue weighted by atomic mass is 35.5. The van der Waals surface area contributed by atoms with Gasteiger partial charge in [-0.2, -0.15) is 0 Å². The lowest BCUT2D eigenvalue weighted by atomic mass is 10.0. The molecule has 0 bridgehead atoms. The summed E-state index contributed by atoms with van der Waals surface area (Å²) >= 11 is 14.0. The molecule has 186 valence electrons. The summed E-state index contributed by atoms with van der Waals surface area (Å²) in [6, 6.07) is 13.9. The Balaban J connectivity index is 0.00000256. The summed E-state index contributed by atoms with van der Waals surface area (Å²) in [4.78, 5) is 19.9. The Kier molecular flexibility index (Phi) is 13.7. The van der Waals surface area contributed by atoms with Crippen LogP contribution in [0.3, 0.4) is 0 Å². The van der Waals surface area contributed by atoms with Gasteiger partial charge in [0.1, 0.15) is 0 Å². The van der Waals surface area contributed by atoms with Crippen LogP contribution in [0.5, 0.6) is 0 Å². The van der Waals surface area contributed by atoms with Crippen LogP contribution < -0.4 is 9.80 Å². The third-order valence-electron chi connectivity index (χ3n) is 5.63. The van der Waals surface area contributed by atoms with Crippen LogP contribution in [0, 0.1) is 0 Å². The molecule has 2 aromatic carbocycles. The summed E-state index contributed by atoms with van der Waals surface area (Å²) in [5, 5.41) is 0.894. The van der Waals surface area contributed by atoms with Crippen LogP contribution in [0.15, 0.2) is 42.5 Å². The van der Waals surface area contributed by atoms with Gasteiger partial charge in [-0.3, -0.25) is 4.79 Å². The molecule has 0 aromatic heterocycles. The first-order valence-electron chi connectivity index (χ1n) is 9.92. The third kappa shape index (κ3) is 7.37. The van der Waals surface area contributed by atoms with Gasteiger partial charge >= 0.3 is 0 Å². The number of anilines is 2. The second kappa shape index (κ2) is 14.2. The highest BCUT2D eigenvalue weighted by molar-refractivity contribution is 8.00. The normalized spacial score (nSPS) is 18.4. The quantitative estimate of drug-likeness (QED) is 0.591. The van der Waals surface area contributed by atoms with Crippen LogP contribution in [0.25, 0.3) is 0 Å². The van der Waals surface area contributed by atoms with E-state index in [2.05, 4.69) is 41.1 Å². The number of thioether (sulfide) groups is 1. The minimum Gasteiger partial charge on any atom is -0.412 e. The number of likely N-dealkylation sites (N-methyl/N-ethyl adjacent to an activating group) is 1. The molecule has 1 unspecified atom stereocenters. The third-order valence-corrected chi connectivity index (χ3v) is 7.56. The number of benzene rings is 2. The molecule has 0 radical (unpaired) electrons. The topological polar surface area (TPSA) is 121 Å². The Morgan fingerprint density at radius 3 is 2.27 bits per heavy atom. The molecule has 0 saturated carbocycles. The maximum atomic E-state index is 13.3. The molecule has 6 N–H and O–H groups in total. The van der Waals surface area contributed by atoms with Crippen LogP contribution in [0.4, 0.5) is 11.4 Å². The zero-order valence-corrected chi connectivity index (χ0v) is 21.5. The van der Waals surface area contributed by atoms with Crippen molar-refractivity contribution < 1.29 is 21.2 Å². The van der Waals surface area contributed by atoms with Gasteiger partial charge in [-0.25, -0.2) is 0 Å². The number of hydrogen-bond acceptors (Lipinski definition) is 4. The zero-order chi connectivity index (χ0) is 20.4. The Hall–Kier alpha value is -1.23. The SMILES string of the molecule is CN1CCN(c2ccccc2CC2SCCN(c3ccc(Cl)c(Cl)c3)C2=O)CC1.Cl.O.O.O. The van der Waals surface area contributed by atoms with E-state index in [1.54, 1.807) is 23.9 Å². The monoisotopic (exact) mass is 539 g/mol. The second-order valence-corrected chi connectivity index (χ2v) is 9.70. The molecule has 7 nitrogen and oxygen atoms in total. The van der Waals surface area contributed by atoms with Crippen LogP contribution in [-0.2, 0) is 11.2 Å². The average Bonchev–Trinajstić information content (AvgIpc) is 2.73. The molecule has 2 saturated heterocycles. The minimum absolute atomic E-state index is 0. The summed E-state index contributed by atoms with van der Waals surface area (Å²) < 4.78 is 0. The molecule has 0 spiro atoms. The number of nitrogens with zero attached hydrogens (tertiary/aromatic N) is 3. The molecule has 2 heterocycles. The summed E-state index contributed by atoms with van der Waals surface area (Å²) in [5.74, 6) is 1.06. The number of halogens is 3. The first-order chi connectivity index (χ1) is 14.0. The van der Waals surface area contributed by atoms with Crippen molar-refractivity contribution >= 4 is 64.7 Å². The highest BCUT2D eigenvalue weighted by Gasteiger charge is 2.31. The lowest BCUT2D eigenvalue weighted by Crippen LogP contribution is -2.46. The van der Waals surface area contributed by atoms with Gasteiger partial charge in [0.15, 0.2) is 0 Å². The molecule has 11 heteroatoms. The Bertz CT molecular complexity index is 901. The van der Waals surface area contributed by atoms with E-state index in [9.17, 15) is 4.79 Å². The van der Waals surface area contributed by atoms with Crippen molar-refractivity contribution in [3.63, 3.8) is 0 Å². The van der Waals surface area contributed by atoms with E-state index in [-0.39, 0.29) is 40.0 Å². The second-order valence-electron chi connectivity index (χ2n) is 7.57. The van der Waals surface area contributed by atoms with Crippen LogP contribution in [-0.4, -0.2) is 78.0 Å². The fourth-order valence-corrected chi connectivity index (χ4v) is 5.37. The number of piperazine rings is 1. The summed E-state index contributed by atoms with van der Waals surface area (Å²) in [6.07, 6.45) is 0.740. The first-order valence-corrected chi connectivity index (χ1v) is 11.7. The number of rotatable bonds is 4. The number of carbonyl (C=O) groups is 1. The van der Waals surface area contributed by atoms with E-state index < -0.39 is 0 Å². The molecule has 2 aliphatic heterocycles. The van der Waals surface area contributed by atoms with Crippen molar-refractivity contribution in [3.05, 3.63) is 58.1 Å². The maximum absolute atomic E-state index is 13.3. The van der Waals surface area contributed by atoms with Gasteiger partial charge in [-0.1, -0.05) is 41.4 Å². The molecule has 0 aliphatic carbocycles. The molecule has 1 atom stereocenters. The molecule has 4 rings (SSSR count). The predicted octanol–water partition coefficient (Wildman–Crippen LogP) is 2.38. The Morgan fingerprint density at radius 1 is 0.939 bits per heavy atom. The lowest BCUT2D eigenvalue weighted by molar-refractivity contribution is -0.118. The van der Waals surface area contributed by atoms with E-state index in [0.29, 0.717) is 16.6 Å². The van der Waals surface area contributed by atoms with E-state index in [4.69, 9.17) is 23.2 Å². The van der Waals surface area contributed by atoms with E-state index in [1.165, 1.54) is 11.3 Å². The average molecular weight is 541 g/mol. The highest BCUT2D eigenvalue weighted by Crippen LogP contribution is 2.33. The minimum atomic E-state index is -0.0909. The van der Waals surface area contributed by atoms with Crippen LogP contribution in [0.2, 0.25) is 10.0 Å². The van der Waals surface area contributed by atoms with Gasteiger partial charge in [0.2, 0.25) is 5.91 Å². The van der Waals surface area contributed by atoms with Crippen molar-refractivity contribution in [3.8, 4) is 0 Å². The van der Waals surface area contributed by atoms with Crippen molar-refractivity contribution in [2.24, 2.45) is 0 Å². The summed E-state index contributed by atoms with van der Waals surface area (Å²) in [5.41, 5.74) is 3.33. The fourth-order valence-electron chi connectivity index (χ4n) is 3.94. The number of amides is 1. The largest absolute Gasteiger partial charge is 0.412 e. The smallest absolute Gasteiger partial charge is 0.240 e. The molecule has 2 fully saturated rings. The lowest BCUT2D eigenvalue weighted by Gasteiger charge is -2.36. The van der Waals surface area contributed by atoms with Crippen LogP contribution in [0.1, 0.15) is 5.56 Å². The van der Waals surface area contributed by atoms with Gasteiger partial charge in [0.05, 0.1) is 15.3 Å². The molecule has 2 aliphatic rings. The number of para-hydroxylation sites is 1. The van der Waals surface area contributed by atoms with Gasteiger partial charge in [0.25, 0.3) is 0 Å². The number of carbonyl (C=O) groups excluding carboxylic acids is 1. The van der Waals surface area contributed by atoms with Crippen molar-refractivity contribution in [1.82, 2.24) is 4.90 Å². The van der Waals surface area contributed by atoms with Gasteiger partial charge in [-0.05, 0) is 43.3 Å². The standard InChI is InChI=1S/C22H25Cl2N3OS.ClH.3H2O/c1-25-8-10-26(11-9-25)20-5-3-2-4-16(20)14-21-22(28)27(12-13-29-21)17-6-7-18(23)19(24)15-17;;;;/h2-7,15,21H,8-14H2,1H3;1H;3*1H2. The summed E-state index contributed by atoms with van der Waals surface area (Å²) in [7, 11) is 2.16. The van der Waals surface area contributed by atoms with Crippen molar-refractivity contribution in [1.29, 1.82) is 0 Å². The molecule has 2 aromatic rings.